The normalized spacial score (nSPS) is 12.5. The Kier molecular flexibility index (Phi) is 5.29. The third-order valence-electron chi connectivity index (χ3n) is 2.48. The fourth-order valence-corrected chi connectivity index (χ4v) is 1.66. The Bertz CT molecular complexity index is 326. The molecule has 0 bridgehead atoms. The van der Waals surface area contributed by atoms with Gasteiger partial charge in [0.05, 0.1) is 0 Å². The molecule has 0 aliphatic heterocycles. The van der Waals surface area contributed by atoms with Crippen LogP contribution in [-0.2, 0) is 4.74 Å². The van der Waals surface area contributed by atoms with Crippen molar-refractivity contribution in [1.82, 2.24) is 5.32 Å². The van der Waals surface area contributed by atoms with Gasteiger partial charge in [0.25, 0.3) is 0 Å². The Morgan fingerprint density at radius 1 is 1.38 bits per heavy atom. The lowest BCUT2D eigenvalue weighted by Gasteiger charge is -2.17. The van der Waals surface area contributed by atoms with Gasteiger partial charge in [-0.1, -0.05) is 19.1 Å². The summed E-state index contributed by atoms with van der Waals surface area (Å²) in [5.41, 5.74) is 2.36. The Labute approximate surface area is 97.8 Å². The second kappa shape index (κ2) is 6.51. The van der Waals surface area contributed by atoms with Crippen LogP contribution in [-0.4, -0.2) is 20.4 Å². The molecule has 16 heavy (non-hydrogen) atoms. The summed E-state index contributed by atoms with van der Waals surface area (Å²) in [5.74, 6) is 0.898. The highest BCUT2D eigenvalue weighted by atomic mass is 16.7. The van der Waals surface area contributed by atoms with Crippen molar-refractivity contribution < 1.29 is 9.47 Å². The predicted molar refractivity (Wildman–Crippen MR) is 65.8 cm³/mol. The van der Waals surface area contributed by atoms with Crippen LogP contribution < -0.4 is 10.1 Å². The second-order valence-corrected chi connectivity index (χ2v) is 3.87. The average Bonchev–Trinajstić information content (AvgIpc) is 2.26. The molecule has 1 rings (SSSR count). The minimum absolute atomic E-state index is 0.287. The number of nitrogens with one attached hydrogen (secondary N) is 1. The molecule has 3 heteroatoms. The zero-order chi connectivity index (χ0) is 12.0. The summed E-state index contributed by atoms with van der Waals surface area (Å²) in [5, 5.41) is 3.38. The molecule has 1 N–H and O–H groups in total. The summed E-state index contributed by atoms with van der Waals surface area (Å²) >= 11 is 0. The molecule has 0 aliphatic rings. The van der Waals surface area contributed by atoms with Crippen molar-refractivity contribution in [2.75, 3.05) is 20.4 Å². The molecule has 0 aliphatic carbocycles. The third kappa shape index (κ3) is 3.51. The van der Waals surface area contributed by atoms with E-state index >= 15 is 0 Å². The Balaban J connectivity index is 2.88. The van der Waals surface area contributed by atoms with E-state index in [9.17, 15) is 0 Å². The summed E-state index contributed by atoms with van der Waals surface area (Å²) in [4.78, 5) is 0. The van der Waals surface area contributed by atoms with E-state index in [2.05, 4.69) is 38.2 Å². The molecule has 0 fully saturated rings. The zero-order valence-corrected chi connectivity index (χ0v) is 10.5. The minimum atomic E-state index is 0.287. The molecule has 0 heterocycles. The van der Waals surface area contributed by atoms with Gasteiger partial charge in [-0.3, -0.25) is 0 Å². The third-order valence-corrected chi connectivity index (χ3v) is 2.48. The van der Waals surface area contributed by atoms with E-state index in [4.69, 9.17) is 9.47 Å². The van der Waals surface area contributed by atoms with E-state index < -0.39 is 0 Å². The molecule has 0 saturated heterocycles. The summed E-state index contributed by atoms with van der Waals surface area (Å²) < 4.78 is 10.5. The number of rotatable bonds is 6. The smallest absolute Gasteiger partial charge is 0.188 e. The lowest BCUT2D eigenvalue weighted by molar-refractivity contribution is 0.0500. The first-order chi connectivity index (χ1) is 7.69. The number of hydrogen-bond donors (Lipinski definition) is 1. The van der Waals surface area contributed by atoms with Crippen molar-refractivity contribution in [3.8, 4) is 5.75 Å². The highest BCUT2D eigenvalue weighted by Crippen LogP contribution is 2.26. The van der Waals surface area contributed by atoms with Crippen molar-refractivity contribution >= 4 is 0 Å². The maximum atomic E-state index is 5.57. The fourth-order valence-electron chi connectivity index (χ4n) is 1.66. The van der Waals surface area contributed by atoms with E-state index in [0.717, 1.165) is 12.3 Å². The van der Waals surface area contributed by atoms with Crippen molar-refractivity contribution in [1.29, 1.82) is 0 Å². The maximum Gasteiger partial charge on any atom is 0.188 e. The molecule has 0 saturated carbocycles. The van der Waals surface area contributed by atoms with E-state index in [1.54, 1.807) is 7.11 Å². The second-order valence-electron chi connectivity index (χ2n) is 3.87. The van der Waals surface area contributed by atoms with Gasteiger partial charge in [-0.25, -0.2) is 0 Å². The zero-order valence-electron chi connectivity index (χ0n) is 10.5. The molecule has 1 unspecified atom stereocenters. The van der Waals surface area contributed by atoms with Gasteiger partial charge in [-0.05, 0) is 32.0 Å². The van der Waals surface area contributed by atoms with Gasteiger partial charge in [-0.15, -0.1) is 0 Å². The number of ether oxygens (including phenoxy) is 2. The van der Waals surface area contributed by atoms with Crippen LogP contribution in [0, 0.1) is 6.92 Å². The number of benzene rings is 1. The lowest BCUT2D eigenvalue weighted by Crippen LogP contribution is -2.18. The van der Waals surface area contributed by atoms with Gasteiger partial charge in [0.2, 0.25) is 0 Å². The molecule has 3 nitrogen and oxygen atoms in total. The highest BCUT2D eigenvalue weighted by Gasteiger charge is 2.10. The summed E-state index contributed by atoms with van der Waals surface area (Å²) in [7, 11) is 1.63. The molecule has 1 atom stereocenters. The molecule has 0 radical (unpaired) electrons. The largest absolute Gasteiger partial charge is 0.467 e. The first-order valence-corrected chi connectivity index (χ1v) is 5.64. The molecule has 0 aromatic heterocycles. The monoisotopic (exact) mass is 223 g/mol. The van der Waals surface area contributed by atoms with Gasteiger partial charge in [-0.2, -0.15) is 0 Å². The van der Waals surface area contributed by atoms with Crippen LogP contribution in [0.1, 0.15) is 31.0 Å². The Morgan fingerprint density at radius 2 is 2.12 bits per heavy atom. The standard InChI is InChI=1S/C13H21NO2/c1-5-14-11(3)12-7-6-10(2)8-13(12)16-9-15-4/h6-8,11,14H,5,9H2,1-4H3. The minimum Gasteiger partial charge on any atom is -0.467 e. The summed E-state index contributed by atoms with van der Waals surface area (Å²) in [6.07, 6.45) is 0. The first kappa shape index (κ1) is 13.0. The van der Waals surface area contributed by atoms with Gasteiger partial charge < -0.3 is 14.8 Å². The van der Waals surface area contributed by atoms with Crippen LogP contribution in [0.15, 0.2) is 18.2 Å². The van der Waals surface area contributed by atoms with Crippen LogP contribution in [0.5, 0.6) is 5.75 Å². The maximum absolute atomic E-state index is 5.57. The molecular formula is C13H21NO2. The lowest BCUT2D eigenvalue weighted by atomic mass is 10.1. The first-order valence-electron chi connectivity index (χ1n) is 5.64. The topological polar surface area (TPSA) is 30.5 Å². The van der Waals surface area contributed by atoms with E-state index in [1.807, 2.05) is 6.07 Å². The Morgan fingerprint density at radius 3 is 2.75 bits per heavy atom. The van der Waals surface area contributed by atoms with E-state index in [1.165, 1.54) is 11.1 Å². The van der Waals surface area contributed by atoms with Gasteiger partial charge in [0, 0.05) is 18.7 Å². The van der Waals surface area contributed by atoms with Crippen LogP contribution in [0.25, 0.3) is 0 Å². The predicted octanol–water partition coefficient (Wildman–Crippen LogP) is 2.65. The van der Waals surface area contributed by atoms with Crippen LogP contribution >= 0.6 is 0 Å². The number of hydrogen-bond acceptors (Lipinski definition) is 3. The van der Waals surface area contributed by atoms with Crippen molar-refractivity contribution in [3.63, 3.8) is 0 Å². The van der Waals surface area contributed by atoms with Crippen LogP contribution in [0.2, 0.25) is 0 Å². The quantitative estimate of drug-likeness (QED) is 0.752. The van der Waals surface area contributed by atoms with Crippen molar-refractivity contribution in [3.05, 3.63) is 29.3 Å². The van der Waals surface area contributed by atoms with E-state index in [0.29, 0.717) is 0 Å². The fraction of sp³-hybridized carbons (Fsp3) is 0.538. The van der Waals surface area contributed by atoms with Gasteiger partial charge in [0.15, 0.2) is 6.79 Å². The average molecular weight is 223 g/mol. The molecular weight excluding hydrogens is 202 g/mol. The van der Waals surface area contributed by atoms with Crippen molar-refractivity contribution in [2.45, 2.75) is 26.8 Å². The number of aryl methyl sites for hydroxylation is 1. The molecule has 90 valence electrons. The van der Waals surface area contributed by atoms with Gasteiger partial charge >= 0.3 is 0 Å². The van der Waals surface area contributed by atoms with E-state index in [-0.39, 0.29) is 12.8 Å². The molecule has 0 spiro atoms. The van der Waals surface area contributed by atoms with Crippen LogP contribution in [0.4, 0.5) is 0 Å². The molecule has 0 amide bonds. The summed E-state index contributed by atoms with van der Waals surface area (Å²) in [6.45, 7) is 7.52. The van der Waals surface area contributed by atoms with Gasteiger partial charge in [0.1, 0.15) is 5.75 Å². The number of methoxy groups -OCH3 is 1. The summed E-state index contributed by atoms with van der Waals surface area (Å²) in [6, 6.07) is 6.54. The molecule has 1 aromatic rings. The van der Waals surface area contributed by atoms with Crippen molar-refractivity contribution in [2.24, 2.45) is 0 Å². The molecule has 1 aromatic carbocycles. The SMILES string of the molecule is CCNC(C)c1ccc(C)cc1OCOC. The van der Waals surface area contributed by atoms with Crippen LogP contribution in [0.3, 0.4) is 0 Å². The highest BCUT2D eigenvalue weighted by molar-refractivity contribution is 5.39. The Hall–Kier alpha value is -1.06.